The fourth-order valence-electron chi connectivity index (χ4n) is 1.32. The number of carbonyl (C=O) groups is 1. The van der Waals surface area contributed by atoms with Gasteiger partial charge < -0.3 is 14.2 Å². The van der Waals surface area contributed by atoms with Gasteiger partial charge in [-0.2, -0.15) is 0 Å². The highest BCUT2D eigenvalue weighted by atomic mass is 19.1. The maximum absolute atomic E-state index is 13.3. The van der Waals surface area contributed by atoms with Crippen LogP contribution in [0, 0.1) is 11.6 Å². The number of Topliss-reactive ketones (excluding diaryl/α,β-unsaturated/α-hetero) is 1. The normalized spacial score (nSPS) is 10.7. The Kier molecular flexibility index (Phi) is 7.17. The van der Waals surface area contributed by atoms with Gasteiger partial charge in [0, 0.05) is 7.11 Å². The van der Waals surface area contributed by atoms with E-state index < -0.39 is 17.4 Å². The molecule has 0 aromatic heterocycles. The number of ketones is 1. The van der Waals surface area contributed by atoms with Crippen LogP contribution in [0.2, 0.25) is 0 Å². The Morgan fingerprint density at radius 2 is 1.79 bits per heavy atom. The summed E-state index contributed by atoms with van der Waals surface area (Å²) in [5.74, 6) is -2.02. The standard InChI is InChI=1S/C13H16F2O4/c1-17-4-5-18-6-7-19-9-13(16)11-8-10(14)2-3-12(11)15/h2-3,8H,4-7,9H2,1H3. The molecule has 0 aliphatic heterocycles. The molecule has 0 heterocycles. The first-order chi connectivity index (χ1) is 9.15. The lowest BCUT2D eigenvalue weighted by Gasteiger charge is -2.06. The van der Waals surface area contributed by atoms with E-state index in [4.69, 9.17) is 14.2 Å². The van der Waals surface area contributed by atoms with Crippen LogP contribution in [0.1, 0.15) is 10.4 Å². The molecular weight excluding hydrogens is 258 g/mol. The molecule has 0 aliphatic carbocycles. The van der Waals surface area contributed by atoms with E-state index in [1.807, 2.05) is 0 Å². The Morgan fingerprint density at radius 3 is 2.53 bits per heavy atom. The van der Waals surface area contributed by atoms with Crippen LogP contribution in [0.25, 0.3) is 0 Å². The molecule has 0 unspecified atom stereocenters. The molecule has 1 aromatic carbocycles. The van der Waals surface area contributed by atoms with Crippen LogP contribution in [-0.2, 0) is 14.2 Å². The van der Waals surface area contributed by atoms with Gasteiger partial charge in [0.05, 0.1) is 32.0 Å². The summed E-state index contributed by atoms with van der Waals surface area (Å²) in [7, 11) is 1.56. The summed E-state index contributed by atoms with van der Waals surface area (Å²) >= 11 is 0. The van der Waals surface area contributed by atoms with Crippen LogP contribution in [0.4, 0.5) is 8.78 Å². The third kappa shape index (κ3) is 5.87. The maximum Gasteiger partial charge on any atom is 0.191 e. The SMILES string of the molecule is COCCOCCOCC(=O)c1cc(F)ccc1F. The third-order valence-corrected chi connectivity index (χ3v) is 2.27. The van der Waals surface area contributed by atoms with Gasteiger partial charge in [-0.25, -0.2) is 8.78 Å². The molecule has 0 saturated carbocycles. The number of ether oxygens (including phenoxy) is 3. The zero-order valence-corrected chi connectivity index (χ0v) is 10.7. The van der Waals surface area contributed by atoms with Gasteiger partial charge in [-0.1, -0.05) is 0 Å². The molecule has 0 saturated heterocycles. The average molecular weight is 274 g/mol. The lowest BCUT2D eigenvalue weighted by molar-refractivity contribution is 0.0252. The average Bonchev–Trinajstić information content (AvgIpc) is 2.40. The largest absolute Gasteiger partial charge is 0.382 e. The van der Waals surface area contributed by atoms with Crippen LogP contribution in [0.15, 0.2) is 18.2 Å². The second kappa shape index (κ2) is 8.68. The van der Waals surface area contributed by atoms with Crippen molar-refractivity contribution in [1.82, 2.24) is 0 Å². The molecule has 0 fully saturated rings. The van der Waals surface area contributed by atoms with Gasteiger partial charge in [-0.05, 0) is 18.2 Å². The first kappa shape index (κ1) is 15.7. The van der Waals surface area contributed by atoms with Crippen molar-refractivity contribution in [2.24, 2.45) is 0 Å². The molecule has 6 heteroatoms. The summed E-state index contributed by atoms with van der Waals surface area (Å²) in [4.78, 5) is 11.6. The summed E-state index contributed by atoms with van der Waals surface area (Å²) in [6.45, 7) is 1.11. The molecule has 0 atom stereocenters. The van der Waals surface area contributed by atoms with Crippen molar-refractivity contribution in [3.63, 3.8) is 0 Å². The first-order valence-electron chi connectivity index (χ1n) is 5.78. The zero-order valence-electron chi connectivity index (χ0n) is 10.7. The number of benzene rings is 1. The van der Waals surface area contributed by atoms with Gasteiger partial charge in [0.2, 0.25) is 0 Å². The molecule has 0 radical (unpaired) electrons. The maximum atomic E-state index is 13.3. The fourth-order valence-corrected chi connectivity index (χ4v) is 1.32. The Hall–Kier alpha value is -1.37. The van der Waals surface area contributed by atoms with Crippen LogP contribution in [-0.4, -0.2) is 45.9 Å². The minimum Gasteiger partial charge on any atom is -0.382 e. The highest BCUT2D eigenvalue weighted by molar-refractivity contribution is 5.97. The lowest BCUT2D eigenvalue weighted by Crippen LogP contribution is -2.15. The molecule has 1 rings (SSSR count). The Labute approximate surface area is 110 Å². The fraction of sp³-hybridized carbons (Fsp3) is 0.462. The van der Waals surface area contributed by atoms with Crippen molar-refractivity contribution in [2.45, 2.75) is 0 Å². The highest BCUT2D eigenvalue weighted by Gasteiger charge is 2.12. The van der Waals surface area contributed by atoms with Gasteiger partial charge in [-0.3, -0.25) is 4.79 Å². The van der Waals surface area contributed by atoms with Gasteiger partial charge in [0.15, 0.2) is 5.78 Å². The number of carbonyl (C=O) groups excluding carboxylic acids is 1. The Balaban J connectivity index is 2.26. The predicted octanol–water partition coefficient (Wildman–Crippen LogP) is 1.83. The van der Waals surface area contributed by atoms with E-state index in [1.54, 1.807) is 7.11 Å². The van der Waals surface area contributed by atoms with E-state index >= 15 is 0 Å². The van der Waals surface area contributed by atoms with Crippen LogP contribution in [0.5, 0.6) is 0 Å². The lowest BCUT2D eigenvalue weighted by atomic mass is 10.1. The molecular formula is C13H16F2O4. The highest BCUT2D eigenvalue weighted by Crippen LogP contribution is 2.10. The van der Waals surface area contributed by atoms with Crippen molar-refractivity contribution in [3.8, 4) is 0 Å². The molecule has 0 aliphatic rings. The van der Waals surface area contributed by atoms with Crippen molar-refractivity contribution < 1.29 is 27.8 Å². The van der Waals surface area contributed by atoms with E-state index in [2.05, 4.69) is 0 Å². The van der Waals surface area contributed by atoms with E-state index in [-0.39, 0.29) is 18.8 Å². The van der Waals surface area contributed by atoms with Crippen molar-refractivity contribution in [2.75, 3.05) is 40.1 Å². The van der Waals surface area contributed by atoms with Gasteiger partial charge in [0.1, 0.15) is 18.2 Å². The second-order valence-corrected chi connectivity index (χ2v) is 3.71. The minimum atomic E-state index is -0.758. The van der Waals surface area contributed by atoms with Crippen LogP contribution < -0.4 is 0 Å². The summed E-state index contributed by atoms with van der Waals surface area (Å²) < 4.78 is 41.0. The summed E-state index contributed by atoms with van der Waals surface area (Å²) in [5.41, 5.74) is -0.305. The molecule has 0 spiro atoms. The minimum absolute atomic E-state index is 0.201. The van der Waals surface area contributed by atoms with Gasteiger partial charge >= 0.3 is 0 Å². The number of hydrogen-bond donors (Lipinski definition) is 0. The Bertz CT molecular complexity index is 410. The quantitative estimate of drug-likeness (QED) is 0.509. The summed E-state index contributed by atoms with van der Waals surface area (Å²) in [5, 5.41) is 0. The second-order valence-electron chi connectivity index (χ2n) is 3.71. The third-order valence-electron chi connectivity index (χ3n) is 2.27. The molecule has 0 N–H and O–H groups in total. The summed E-state index contributed by atoms with van der Waals surface area (Å²) in [6, 6.07) is 2.73. The number of halogens is 2. The van der Waals surface area contributed by atoms with Crippen molar-refractivity contribution in [3.05, 3.63) is 35.4 Å². The van der Waals surface area contributed by atoms with E-state index in [9.17, 15) is 13.6 Å². The predicted molar refractivity (Wildman–Crippen MR) is 64.2 cm³/mol. The molecule has 106 valence electrons. The molecule has 19 heavy (non-hydrogen) atoms. The number of rotatable bonds is 9. The molecule has 1 aromatic rings. The monoisotopic (exact) mass is 274 g/mol. The topological polar surface area (TPSA) is 44.8 Å². The smallest absolute Gasteiger partial charge is 0.191 e. The van der Waals surface area contributed by atoms with Crippen LogP contribution in [0.3, 0.4) is 0 Å². The molecule has 4 nitrogen and oxygen atoms in total. The zero-order chi connectivity index (χ0) is 14.1. The van der Waals surface area contributed by atoms with Gasteiger partial charge in [-0.15, -0.1) is 0 Å². The van der Waals surface area contributed by atoms with Gasteiger partial charge in [0.25, 0.3) is 0 Å². The van der Waals surface area contributed by atoms with Crippen molar-refractivity contribution in [1.29, 1.82) is 0 Å². The van der Waals surface area contributed by atoms with Crippen LogP contribution >= 0.6 is 0 Å². The Morgan fingerprint density at radius 1 is 1.11 bits per heavy atom. The first-order valence-corrected chi connectivity index (χ1v) is 5.78. The summed E-state index contributed by atoms with van der Waals surface area (Å²) in [6.07, 6.45) is 0. The van der Waals surface area contributed by atoms with Crippen molar-refractivity contribution >= 4 is 5.78 Å². The molecule has 0 amide bonds. The molecule has 0 bridgehead atoms. The van der Waals surface area contributed by atoms with E-state index in [1.165, 1.54) is 0 Å². The van der Waals surface area contributed by atoms with E-state index in [0.29, 0.717) is 19.8 Å². The van der Waals surface area contributed by atoms with E-state index in [0.717, 1.165) is 18.2 Å². The number of hydrogen-bond acceptors (Lipinski definition) is 4. The number of methoxy groups -OCH3 is 1.